The van der Waals surface area contributed by atoms with Crippen molar-refractivity contribution in [1.29, 1.82) is 0 Å². The minimum absolute atomic E-state index is 0.0519. The minimum atomic E-state index is -0.605. The molecule has 0 aromatic carbocycles. The van der Waals surface area contributed by atoms with E-state index in [0.717, 1.165) is 0 Å². The van der Waals surface area contributed by atoms with Crippen molar-refractivity contribution < 1.29 is 19.9 Å². The van der Waals surface area contributed by atoms with E-state index in [-0.39, 0.29) is 13.2 Å². The van der Waals surface area contributed by atoms with Gasteiger partial charge in [0.25, 0.3) is 0 Å². The molecule has 0 aliphatic heterocycles. The van der Waals surface area contributed by atoms with Gasteiger partial charge in [-0.15, -0.1) is 0 Å². The van der Waals surface area contributed by atoms with Gasteiger partial charge in [-0.1, -0.05) is 0 Å². The first-order valence-corrected chi connectivity index (χ1v) is 3.69. The molecule has 0 aliphatic rings. The molecule has 0 aromatic rings. The number of rotatable bonds is 6. The summed E-state index contributed by atoms with van der Waals surface area (Å²) in [4.78, 5) is 9.36. The standard InChI is InChI=1S/C6H16N2O4/c1-5(9)3-11-8(7)12-4-6(2)10/h5-6,9-10H,3-4,7H2,1-2H3. The molecule has 0 saturated heterocycles. The molecule has 6 heteroatoms. The molecule has 6 nitrogen and oxygen atoms in total. The van der Waals surface area contributed by atoms with Crippen molar-refractivity contribution in [3.8, 4) is 0 Å². The molecule has 2 unspecified atom stereocenters. The van der Waals surface area contributed by atoms with Gasteiger partial charge in [0.15, 0.2) is 0 Å². The Morgan fingerprint density at radius 2 is 1.50 bits per heavy atom. The van der Waals surface area contributed by atoms with Crippen LogP contribution in [-0.4, -0.2) is 41.0 Å². The maximum atomic E-state index is 8.77. The van der Waals surface area contributed by atoms with E-state index in [1.165, 1.54) is 0 Å². The van der Waals surface area contributed by atoms with Crippen molar-refractivity contribution in [2.45, 2.75) is 26.1 Å². The van der Waals surface area contributed by atoms with Gasteiger partial charge in [0, 0.05) is 5.34 Å². The molecular formula is C6H16N2O4. The third-order valence-corrected chi connectivity index (χ3v) is 0.886. The van der Waals surface area contributed by atoms with Crippen LogP contribution in [0.5, 0.6) is 0 Å². The van der Waals surface area contributed by atoms with Gasteiger partial charge in [-0.3, -0.25) is 9.68 Å². The minimum Gasteiger partial charge on any atom is -0.391 e. The monoisotopic (exact) mass is 180 g/mol. The average molecular weight is 180 g/mol. The molecule has 0 saturated carbocycles. The van der Waals surface area contributed by atoms with Crippen LogP contribution in [0, 0.1) is 0 Å². The Hall–Kier alpha value is -0.240. The number of nitrogens with two attached hydrogens (primary N) is 1. The van der Waals surface area contributed by atoms with Crippen LogP contribution >= 0.6 is 0 Å². The van der Waals surface area contributed by atoms with Crippen LogP contribution in [0.15, 0.2) is 0 Å². The first kappa shape index (κ1) is 11.8. The fraction of sp³-hybridized carbons (Fsp3) is 1.00. The summed E-state index contributed by atoms with van der Waals surface area (Å²) in [6.07, 6.45) is -1.21. The first-order chi connectivity index (χ1) is 5.52. The maximum Gasteiger partial charge on any atom is 0.0983 e. The zero-order chi connectivity index (χ0) is 9.56. The van der Waals surface area contributed by atoms with Crippen LogP contribution in [0.25, 0.3) is 0 Å². The third kappa shape index (κ3) is 7.86. The summed E-state index contributed by atoms with van der Waals surface area (Å²) in [5, 5.41) is 18.2. The third-order valence-electron chi connectivity index (χ3n) is 0.886. The Bertz CT molecular complexity index is 97.7. The number of hydrogen-bond donors (Lipinski definition) is 3. The van der Waals surface area contributed by atoms with Crippen LogP contribution < -0.4 is 5.84 Å². The molecular weight excluding hydrogens is 164 g/mol. The van der Waals surface area contributed by atoms with Crippen molar-refractivity contribution in [2.24, 2.45) is 5.84 Å². The lowest BCUT2D eigenvalue weighted by atomic mass is 10.5. The molecule has 0 amide bonds. The first-order valence-electron chi connectivity index (χ1n) is 3.69. The molecule has 74 valence electrons. The molecule has 2 atom stereocenters. The van der Waals surface area contributed by atoms with Gasteiger partial charge in [0.05, 0.1) is 25.4 Å². The van der Waals surface area contributed by atoms with Gasteiger partial charge >= 0.3 is 0 Å². The Kier molecular flexibility index (Phi) is 6.17. The fourth-order valence-corrected chi connectivity index (χ4v) is 0.400. The van der Waals surface area contributed by atoms with Crippen molar-refractivity contribution in [3.63, 3.8) is 0 Å². The van der Waals surface area contributed by atoms with Gasteiger partial charge in [-0.05, 0) is 13.8 Å². The van der Waals surface area contributed by atoms with Gasteiger partial charge in [-0.25, -0.2) is 5.84 Å². The van der Waals surface area contributed by atoms with Gasteiger partial charge in [0.2, 0.25) is 0 Å². The Labute approximate surface area is 71.4 Å². The van der Waals surface area contributed by atoms with E-state index in [0.29, 0.717) is 5.34 Å². The second-order valence-corrected chi connectivity index (χ2v) is 2.57. The van der Waals surface area contributed by atoms with E-state index < -0.39 is 12.2 Å². The van der Waals surface area contributed by atoms with Gasteiger partial charge in [-0.2, -0.15) is 0 Å². The highest BCUT2D eigenvalue weighted by atomic mass is 17.0. The number of hydrogen-bond acceptors (Lipinski definition) is 6. The lowest BCUT2D eigenvalue weighted by molar-refractivity contribution is -0.381. The van der Waals surface area contributed by atoms with Crippen LogP contribution in [0.2, 0.25) is 0 Å². The van der Waals surface area contributed by atoms with E-state index in [4.69, 9.17) is 16.1 Å². The van der Waals surface area contributed by atoms with Crippen molar-refractivity contribution in [1.82, 2.24) is 5.34 Å². The highest BCUT2D eigenvalue weighted by Crippen LogP contribution is 1.89. The molecule has 0 fully saturated rings. The summed E-state index contributed by atoms with van der Waals surface area (Å²) < 4.78 is 0. The SMILES string of the molecule is CC(O)CON(N)OCC(C)O. The number of hydrazine groups is 1. The molecule has 0 radical (unpaired) electrons. The lowest BCUT2D eigenvalue weighted by Gasteiger charge is -2.16. The van der Waals surface area contributed by atoms with Crippen LogP contribution in [0.4, 0.5) is 0 Å². The Morgan fingerprint density at radius 3 is 1.75 bits per heavy atom. The number of aliphatic hydroxyl groups excluding tert-OH is 2. The molecule has 0 heterocycles. The van der Waals surface area contributed by atoms with E-state index in [2.05, 4.69) is 9.68 Å². The van der Waals surface area contributed by atoms with Crippen molar-refractivity contribution in [3.05, 3.63) is 0 Å². The summed E-state index contributed by atoms with van der Waals surface area (Å²) in [5.74, 6) is 5.14. The van der Waals surface area contributed by atoms with E-state index in [1.807, 2.05) is 0 Å². The van der Waals surface area contributed by atoms with E-state index in [9.17, 15) is 0 Å². The highest BCUT2D eigenvalue weighted by molar-refractivity contribution is 4.39. The zero-order valence-electron chi connectivity index (χ0n) is 7.30. The van der Waals surface area contributed by atoms with Crippen molar-refractivity contribution >= 4 is 0 Å². The molecule has 0 aliphatic carbocycles. The smallest absolute Gasteiger partial charge is 0.0983 e. The largest absolute Gasteiger partial charge is 0.391 e. The summed E-state index contributed by atoms with van der Waals surface area (Å²) in [7, 11) is 0. The highest BCUT2D eigenvalue weighted by Gasteiger charge is 2.04. The van der Waals surface area contributed by atoms with Crippen LogP contribution in [0.3, 0.4) is 0 Å². The van der Waals surface area contributed by atoms with Crippen LogP contribution in [-0.2, 0) is 9.68 Å². The Morgan fingerprint density at radius 1 is 1.17 bits per heavy atom. The topological polar surface area (TPSA) is 88.2 Å². The molecule has 12 heavy (non-hydrogen) atoms. The number of nitrogens with zero attached hydrogens (tertiary/aromatic N) is 1. The van der Waals surface area contributed by atoms with Crippen LogP contribution in [0.1, 0.15) is 13.8 Å². The predicted octanol–water partition coefficient (Wildman–Crippen LogP) is -1.21. The summed E-state index contributed by atoms with van der Waals surface area (Å²) in [6, 6.07) is 0. The molecule has 0 rings (SSSR count). The van der Waals surface area contributed by atoms with Gasteiger partial charge in [0.1, 0.15) is 0 Å². The molecule has 0 spiro atoms. The molecule has 4 N–H and O–H groups in total. The van der Waals surface area contributed by atoms with Gasteiger partial charge < -0.3 is 10.2 Å². The predicted molar refractivity (Wildman–Crippen MR) is 41.3 cm³/mol. The molecule has 0 aromatic heterocycles. The quantitative estimate of drug-likeness (QED) is 0.351. The average Bonchev–Trinajstić information content (AvgIpc) is 1.96. The summed E-state index contributed by atoms with van der Waals surface area (Å²) >= 11 is 0. The normalized spacial score (nSPS) is 16.5. The van der Waals surface area contributed by atoms with E-state index >= 15 is 0 Å². The second kappa shape index (κ2) is 6.30. The second-order valence-electron chi connectivity index (χ2n) is 2.57. The summed E-state index contributed by atoms with van der Waals surface area (Å²) in [5.41, 5.74) is 0. The Balaban J connectivity index is 3.27. The summed E-state index contributed by atoms with van der Waals surface area (Å²) in [6.45, 7) is 3.22. The fourth-order valence-electron chi connectivity index (χ4n) is 0.400. The zero-order valence-corrected chi connectivity index (χ0v) is 7.30. The van der Waals surface area contributed by atoms with E-state index in [1.54, 1.807) is 13.8 Å². The number of aliphatic hydroxyl groups is 2. The maximum absolute atomic E-state index is 8.77. The lowest BCUT2D eigenvalue weighted by Crippen LogP contribution is -2.35. The van der Waals surface area contributed by atoms with Crippen molar-refractivity contribution in [2.75, 3.05) is 13.2 Å². The molecule has 0 bridgehead atoms.